The molecule has 0 amide bonds. The van der Waals surface area contributed by atoms with Crippen LogP contribution in [0.2, 0.25) is 0 Å². The maximum absolute atomic E-state index is 12.4. The second-order valence-corrected chi connectivity index (χ2v) is 8.07. The molecule has 2 aliphatic rings. The van der Waals surface area contributed by atoms with Gasteiger partial charge in [0, 0.05) is 24.7 Å². The quantitative estimate of drug-likeness (QED) is 0.704. The second-order valence-electron chi connectivity index (χ2n) is 6.37. The van der Waals surface area contributed by atoms with Gasteiger partial charge in [-0.15, -0.1) is 0 Å². The molecule has 0 spiro atoms. The van der Waals surface area contributed by atoms with Gasteiger partial charge in [0.25, 0.3) is 10.0 Å². The number of nitrogens with one attached hydrogen (secondary N) is 3. The number of aromatic amines is 1. The Labute approximate surface area is 119 Å². The molecule has 0 unspecified atom stereocenters. The Balaban J connectivity index is 1.65. The molecule has 0 atom stereocenters. The summed E-state index contributed by atoms with van der Waals surface area (Å²) in [6.45, 7) is 3.18. The van der Waals surface area contributed by atoms with Crippen LogP contribution in [0.4, 0.5) is 0 Å². The van der Waals surface area contributed by atoms with Gasteiger partial charge in [0.15, 0.2) is 5.03 Å². The standard InChI is InChI=1S/C13H22N4O2S/c1-13(5-2-6-13)9-16-20(18,19)12-10(8-15-17-12)7-14-11-3-4-11/h8,11,14,16H,2-7,9H2,1H3,(H,15,17). The first kappa shape index (κ1) is 14.0. The van der Waals surface area contributed by atoms with Crippen molar-refractivity contribution in [3.63, 3.8) is 0 Å². The first-order valence-electron chi connectivity index (χ1n) is 7.24. The van der Waals surface area contributed by atoms with Crippen LogP contribution in [0.5, 0.6) is 0 Å². The molecule has 7 heteroatoms. The molecule has 1 aromatic rings. The molecule has 3 N–H and O–H groups in total. The van der Waals surface area contributed by atoms with E-state index in [0.29, 0.717) is 24.7 Å². The fraction of sp³-hybridized carbons (Fsp3) is 0.769. The minimum atomic E-state index is -3.49. The third-order valence-electron chi connectivity index (χ3n) is 4.36. The highest BCUT2D eigenvalue weighted by Gasteiger charge is 2.33. The van der Waals surface area contributed by atoms with Crippen LogP contribution in [-0.2, 0) is 16.6 Å². The van der Waals surface area contributed by atoms with Crippen LogP contribution in [-0.4, -0.2) is 31.2 Å². The van der Waals surface area contributed by atoms with E-state index in [2.05, 4.69) is 27.2 Å². The molecule has 3 rings (SSSR count). The lowest BCUT2D eigenvalue weighted by Gasteiger charge is -2.38. The summed E-state index contributed by atoms with van der Waals surface area (Å²) in [5.41, 5.74) is 0.836. The molecule has 0 saturated heterocycles. The number of sulfonamides is 1. The molecule has 20 heavy (non-hydrogen) atoms. The summed E-state index contributed by atoms with van der Waals surface area (Å²) in [6.07, 6.45) is 7.32. The lowest BCUT2D eigenvalue weighted by atomic mass is 9.71. The summed E-state index contributed by atoms with van der Waals surface area (Å²) >= 11 is 0. The molecular formula is C13H22N4O2S. The highest BCUT2D eigenvalue weighted by atomic mass is 32.2. The Kier molecular flexibility index (Phi) is 3.60. The van der Waals surface area contributed by atoms with E-state index in [0.717, 1.165) is 12.8 Å². The SMILES string of the molecule is CC1(CNS(=O)(=O)c2[nH]ncc2CNC2CC2)CCC1. The lowest BCUT2D eigenvalue weighted by molar-refractivity contribution is 0.166. The van der Waals surface area contributed by atoms with Gasteiger partial charge in [-0.2, -0.15) is 5.10 Å². The van der Waals surface area contributed by atoms with E-state index < -0.39 is 10.0 Å². The van der Waals surface area contributed by atoms with Gasteiger partial charge < -0.3 is 5.32 Å². The average molecular weight is 298 g/mol. The maximum Gasteiger partial charge on any atom is 0.257 e. The van der Waals surface area contributed by atoms with Crippen molar-refractivity contribution in [2.24, 2.45) is 5.41 Å². The van der Waals surface area contributed by atoms with Gasteiger partial charge in [-0.1, -0.05) is 13.3 Å². The van der Waals surface area contributed by atoms with E-state index in [1.165, 1.54) is 19.3 Å². The van der Waals surface area contributed by atoms with Crippen LogP contribution in [0.15, 0.2) is 11.2 Å². The fourth-order valence-electron chi connectivity index (χ4n) is 2.50. The number of nitrogens with zero attached hydrogens (tertiary/aromatic N) is 1. The van der Waals surface area contributed by atoms with Crippen LogP contribution < -0.4 is 10.0 Å². The molecule has 1 heterocycles. The van der Waals surface area contributed by atoms with Crippen molar-refractivity contribution in [3.8, 4) is 0 Å². The number of H-pyrrole nitrogens is 1. The summed E-state index contributed by atoms with van der Waals surface area (Å²) in [5.74, 6) is 0. The molecule has 0 radical (unpaired) electrons. The topological polar surface area (TPSA) is 86.9 Å². The summed E-state index contributed by atoms with van der Waals surface area (Å²) in [7, 11) is -3.49. The van der Waals surface area contributed by atoms with Crippen molar-refractivity contribution < 1.29 is 8.42 Å². The third kappa shape index (κ3) is 3.05. The molecule has 0 bridgehead atoms. The van der Waals surface area contributed by atoms with Gasteiger partial charge in [0.2, 0.25) is 0 Å². The van der Waals surface area contributed by atoms with Gasteiger partial charge in [-0.05, 0) is 31.1 Å². The van der Waals surface area contributed by atoms with Gasteiger partial charge in [0.05, 0.1) is 6.20 Å². The molecule has 112 valence electrons. The van der Waals surface area contributed by atoms with E-state index >= 15 is 0 Å². The van der Waals surface area contributed by atoms with Crippen molar-refractivity contribution in [2.45, 2.75) is 56.6 Å². The van der Waals surface area contributed by atoms with Crippen LogP contribution >= 0.6 is 0 Å². The van der Waals surface area contributed by atoms with Crippen LogP contribution in [0.3, 0.4) is 0 Å². The van der Waals surface area contributed by atoms with Gasteiger partial charge in [-0.3, -0.25) is 5.10 Å². The Morgan fingerprint density at radius 1 is 1.45 bits per heavy atom. The van der Waals surface area contributed by atoms with E-state index in [4.69, 9.17) is 0 Å². The van der Waals surface area contributed by atoms with Crippen molar-refractivity contribution in [1.29, 1.82) is 0 Å². The monoisotopic (exact) mass is 298 g/mol. The zero-order valence-corrected chi connectivity index (χ0v) is 12.6. The van der Waals surface area contributed by atoms with Crippen LogP contribution in [0.25, 0.3) is 0 Å². The highest BCUT2D eigenvalue weighted by molar-refractivity contribution is 7.89. The minimum Gasteiger partial charge on any atom is -0.310 e. The predicted octanol–water partition coefficient (Wildman–Crippen LogP) is 1.13. The summed E-state index contributed by atoms with van der Waals surface area (Å²) in [5, 5.41) is 10.0. The number of hydrogen-bond acceptors (Lipinski definition) is 4. The van der Waals surface area contributed by atoms with Gasteiger partial charge >= 0.3 is 0 Å². The molecular weight excluding hydrogens is 276 g/mol. The van der Waals surface area contributed by atoms with E-state index in [1.54, 1.807) is 6.20 Å². The van der Waals surface area contributed by atoms with Crippen molar-refractivity contribution in [3.05, 3.63) is 11.8 Å². The predicted molar refractivity (Wildman–Crippen MR) is 75.6 cm³/mol. The van der Waals surface area contributed by atoms with Crippen LogP contribution in [0, 0.1) is 5.41 Å². The fourth-order valence-corrected chi connectivity index (χ4v) is 3.82. The van der Waals surface area contributed by atoms with Gasteiger partial charge in [-0.25, -0.2) is 13.1 Å². The smallest absolute Gasteiger partial charge is 0.257 e. The van der Waals surface area contributed by atoms with Crippen LogP contribution in [0.1, 0.15) is 44.6 Å². The number of hydrogen-bond donors (Lipinski definition) is 3. The molecule has 2 aliphatic carbocycles. The molecule has 0 aromatic carbocycles. The lowest BCUT2D eigenvalue weighted by Crippen LogP contribution is -2.40. The number of aromatic nitrogens is 2. The summed E-state index contributed by atoms with van der Waals surface area (Å²) in [6, 6.07) is 0.544. The Morgan fingerprint density at radius 3 is 2.80 bits per heavy atom. The van der Waals surface area contributed by atoms with Gasteiger partial charge in [0.1, 0.15) is 0 Å². The van der Waals surface area contributed by atoms with E-state index in [9.17, 15) is 8.42 Å². The first-order chi connectivity index (χ1) is 9.49. The molecule has 2 fully saturated rings. The zero-order valence-electron chi connectivity index (χ0n) is 11.8. The summed E-state index contributed by atoms with van der Waals surface area (Å²) < 4.78 is 27.4. The summed E-state index contributed by atoms with van der Waals surface area (Å²) in [4.78, 5) is 0. The first-order valence-corrected chi connectivity index (χ1v) is 8.72. The average Bonchev–Trinajstić information content (AvgIpc) is 3.08. The molecule has 0 aliphatic heterocycles. The largest absolute Gasteiger partial charge is 0.310 e. The number of rotatable bonds is 7. The Hall–Kier alpha value is -0.920. The van der Waals surface area contributed by atoms with E-state index in [-0.39, 0.29) is 10.4 Å². The van der Waals surface area contributed by atoms with Crippen molar-refractivity contribution >= 4 is 10.0 Å². The molecule has 6 nitrogen and oxygen atoms in total. The second kappa shape index (κ2) is 5.13. The minimum absolute atomic E-state index is 0.125. The Bertz CT molecular complexity index is 573. The maximum atomic E-state index is 12.4. The van der Waals surface area contributed by atoms with E-state index in [1.807, 2.05) is 0 Å². The molecule has 2 saturated carbocycles. The normalized spacial score (nSPS) is 21.6. The van der Waals surface area contributed by atoms with Crippen molar-refractivity contribution in [1.82, 2.24) is 20.2 Å². The third-order valence-corrected chi connectivity index (χ3v) is 5.77. The zero-order chi connectivity index (χ0) is 14.2. The molecule has 1 aromatic heterocycles. The Morgan fingerprint density at radius 2 is 2.20 bits per heavy atom. The highest BCUT2D eigenvalue weighted by Crippen LogP contribution is 2.39. The van der Waals surface area contributed by atoms with Crippen molar-refractivity contribution in [2.75, 3.05) is 6.54 Å².